The number of rotatable bonds is 5. The van der Waals surface area contributed by atoms with Crippen LogP contribution >= 0.6 is 0 Å². The first-order valence-electron chi connectivity index (χ1n) is 12.6. The molecule has 5 rings (SSSR count). The van der Waals surface area contributed by atoms with Gasteiger partial charge in [-0.15, -0.1) is 0 Å². The maximum absolute atomic E-state index is 12.3. The number of hydrogen-bond acceptors (Lipinski definition) is 5. The van der Waals surface area contributed by atoms with E-state index >= 15 is 0 Å². The molecule has 8 atom stereocenters. The third-order valence-corrected chi connectivity index (χ3v) is 10.7. The van der Waals surface area contributed by atoms with Crippen molar-refractivity contribution in [3.05, 3.63) is 24.2 Å². The van der Waals surface area contributed by atoms with Gasteiger partial charge in [0.05, 0.1) is 36.7 Å². The first-order valence-corrected chi connectivity index (χ1v) is 12.6. The van der Waals surface area contributed by atoms with Gasteiger partial charge in [-0.25, -0.2) is 0 Å². The summed E-state index contributed by atoms with van der Waals surface area (Å²) in [5.41, 5.74) is 4.09. The van der Waals surface area contributed by atoms with Crippen LogP contribution in [0.4, 0.5) is 0 Å². The maximum atomic E-state index is 12.3. The van der Waals surface area contributed by atoms with Crippen LogP contribution in [-0.4, -0.2) is 34.4 Å². The SMILES string of the molecule is C[C@]12CCC(OCCC(=N)N)CC1CC[C@@H]1[C@H]2CC[C@]2(C)C(O)(c3ccoc3)CC[C@@]12O. The zero-order chi connectivity index (χ0) is 22.8. The third-order valence-electron chi connectivity index (χ3n) is 10.7. The number of amidine groups is 1. The minimum atomic E-state index is -1.03. The van der Waals surface area contributed by atoms with Gasteiger partial charge in [-0.2, -0.15) is 0 Å². The molecule has 4 fully saturated rings. The van der Waals surface area contributed by atoms with Gasteiger partial charge < -0.3 is 25.1 Å². The minimum absolute atomic E-state index is 0.191. The van der Waals surface area contributed by atoms with E-state index in [0.717, 1.165) is 50.5 Å². The molecule has 5 N–H and O–H groups in total. The molecule has 178 valence electrons. The van der Waals surface area contributed by atoms with Crippen molar-refractivity contribution < 1.29 is 19.4 Å². The lowest BCUT2D eigenvalue weighted by atomic mass is 9.43. The molecule has 0 amide bonds. The second kappa shape index (κ2) is 7.57. The van der Waals surface area contributed by atoms with E-state index in [-0.39, 0.29) is 23.3 Å². The average Bonchev–Trinajstić information content (AvgIpc) is 3.36. The summed E-state index contributed by atoms with van der Waals surface area (Å²) < 4.78 is 11.4. The zero-order valence-electron chi connectivity index (χ0n) is 19.6. The summed E-state index contributed by atoms with van der Waals surface area (Å²) in [5.74, 6) is 1.53. The van der Waals surface area contributed by atoms with Gasteiger partial charge in [-0.1, -0.05) is 13.8 Å². The average molecular weight is 445 g/mol. The minimum Gasteiger partial charge on any atom is -0.472 e. The number of fused-ring (bicyclic) bond motifs is 5. The summed E-state index contributed by atoms with van der Waals surface area (Å²) in [4.78, 5) is 0. The second-order valence-electron chi connectivity index (χ2n) is 11.7. The molecular weight excluding hydrogens is 404 g/mol. The molecule has 4 saturated carbocycles. The molecule has 0 saturated heterocycles. The van der Waals surface area contributed by atoms with Crippen molar-refractivity contribution in [1.29, 1.82) is 5.41 Å². The normalized spacial score (nSPS) is 48.0. The van der Waals surface area contributed by atoms with E-state index in [1.54, 1.807) is 12.5 Å². The van der Waals surface area contributed by atoms with Crippen molar-refractivity contribution >= 4 is 5.84 Å². The number of nitrogens with two attached hydrogens (primary N) is 1. The van der Waals surface area contributed by atoms with Gasteiger partial charge in [0.2, 0.25) is 0 Å². The van der Waals surface area contributed by atoms with Crippen molar-refractivity contribution in [2.75, 3.05) is 6.61 Å². The number of ether oxygens (including phenoxy) is 1. The van der Waals surface area contributed by atoms with Crippen LogP contribution < -0.4 is 5.73 Å². The molecule has 6 heteroatoms. The Morgan fingerprint density at radius 3 is 2.66 bits per heavy atom. The van der Waals surface area contributed by atoms with Gasteiger partial charge in [0.1, 0.15) is 5.60 Å². The fourth-order valence-electron chi connectivity index (χ4n) is 8.65. The number of nitrogens with one attached hydrogen (secondary N) is 1. The largest absolute Gasteiger partial charge is 0.472 e. The summed E-state index contributed by atoms with van der Waals surface area (Å²) in [7, 11) is 0. The number of furan rings is 1. The highest BCUT2D eigenvalue weighted by Crippen LogP contribution is 2.71. The van der Waals surface area contributed by atoms with Gasteiger partial charge in [0.25, 0.3) is 0 Å². The van der Waals surface area contributed by atoms with Crippen molar-refractivity contribution in [3.8, 4) is 0 Å². The summed E-state index contributed by atoms with van der Waals surface area (Å²) in [6.07, 6.45) is 12.6. The second-order valence-corrected chi connectivity index (χ2v) is 11.7. The molecule has 32 heavy (non-hydrogen) atoms. The number of hydrogen-bond donors (Lipinski definition) is 4. The van der Waals surface area contributed by atoms with E-state index in [9.17, 15) is 10.2 Å². The van der Waals surface area contributed by atoms with Crippen molar-refractivity contribution in [3.63, 3.8) is 0 Å². The maximum Gasteiger partial charge on any atom is 0.101 e. The molecular formula is C26H40N2O4. The van der Waals surface area contributed by atoms with E-state index in [4.69, 9.17) is 20.3 Å². The highest BCUT2D eigenvalue weighted by atomic mass is 16.5. The van der Waals surface area contributed by atoms with E-state index in [1.807, 2.05) is 6.07 Å². The van der Waals surface area contributed by atoms with Crippen LogP contribution in [0.3, 0.4) is 0 Å². The van der Waals surface area contributed by atoms with Gasteiger partial charge in [0, 0.05) is 17.4 Å². The predicted molar refractivity (Wildman–Crippen MR) is 122 cm³/mol. The lowest BCUT2D eigenvalue weighted by molar-refractivity contribution is -0.239. The Balaban J connectivity index is 1.36. The van der Waals surface area contributed by atoms with Crippen LogP contribution in [0.2, 0.25) is 0 Å². The van der Waals surface area contributed by atoms with E-state index in [1.165, 1.54) is 0 Å². The molecule has 0 bridgehead atoms. The van der Waals surface area contributed by atoms with Gasteiger partial charge in [-0.05, 0) is 87.0 Å². The summed E-state index contributed by atoms with van der Waals surface area (Å²) in [6.45, 7) is 5.13. The molecule has 1 aromatic rings. The van der Waals surface area contributed by atoms with Crippen LogP contribution in [0.25, 0.3) is 0 Å². The molecule has 0 spiro atoms. The standard InChI is InChI=1S/C26H40N2O4/c1-23-9-5-19(32-14-8-22(27)28)15-17(23)3-4-21-20(23)6-10-24(2)25(29,11-12-26(21,24)30)18-7-13-31-16-18/h7,13,16-17,19-21,29-30H,3-6,8-12,14-15H2,1-2H3,(H3,27,28)/t17?,19?,20-,21-,23+,24-,25?,26-/m1/s1. The topological polar surface area (TPSA) is 113 Å². The zero-order valence-corrected chi connectivity index (χ0v) is 19.6. The van der Waals surface area contributed by atoms with Gasteiger partial charge in [-0.3, -0.25) is 5.41 Å². The van der Waals surface area contributed by atoms with Gasteiger partial charge in [0.15, 0.2) is 0 Å². The summed E-state index contributed by atoms with van der Waals surface area (Å²) in [6, 6.07) is 1.87. The van der Waals surface area contributed by atoms with E-state index in [2.05, 4.69) is 13.8 Å². The Hall–Kier alpha value is -1.37. The van der Waals surface area contributed by atoms with Crippen molar-refractivity contribution in [1.82, 2.24) is 0 Å². The fraction of sp³-hybridized carbons (Fsp3) is 0.808. The third kappa shape index (κ3) is 2.98. The Kier molecular flexibility index (Phi) is 5.31. The highest BCUT2D eigenvalue weighted by Gasteiger charge is 2.72. The molecule has 3 unspecified atom stereocenters. The molecule has 4 aliphatic carbocycles. The first kappa shape index (κ1) is 22.4. The first-order chi connectivity index (χ1) is 15.1. The van der Waals surface area contributed by atoms with Crippen LogP contribution in [0, 0.1) is 34.0 Å². The molecule has 1 heterocycles. The molecule has 0 radical (unpaired) electrons. The van der Waals surface area contributed by atoms with Gasteiger partial charge >= 0.3 is 0 Å². The Morgan fingerprint density at radius 1 is 1.12 bits per heavy atom. The fourth-order valence-corrected chi connectivity index (χ4v) is 8.65. The van der Waals surface area contributed by atoms with Crippen molar-refractivity contribution in [2.24, 2.45) is 34.3 Å². The monoisotopic (exact) mass is 444 g/mol. The molecule has 4 aliphatic rings. The Morgan fingerprint density at radius 2 is 1.94 bits per heavy atom. The smallest absolute Gasteiger partial charge is 0.101 e. The lowest BCUT2D eigenvalue weighted by Crippen LogP contribution is -2.64. The highest BCUT2D eigenvalue weighted by molar-refractivity contribution is 5.76. The Bertz CT molecular complexity index is 858. The molecule has 6 nitrogen and oxygen atoms in total. The van der Waals surface area contributed by atoms with E-state index in [0.29, 0.717) is 37.7 Å². The van der Waals surface area contributed by atoms with E-state index < -0.39 is 16.6 Å². The van der Waals surface area contributed by atoms with Crippen LogP contribution in [0.5, 0.6) is 0 Å². The summed E-state index contributed by atoms with van der Waals surface area (Å²) >= 11 is 0. The number of aliphatic hydroxyl groups is 2. The summed E-state index contributed by atoms with van der Waals surface area (Å²) in [5, 5.41) is 31.5. The van der Waals surface area contributed by atoms with Crippen LogP contribution in [-0.2, 0) is 10.3 Å². The predicted octanol–water partition coefficient (Wildman–Crippen LogP) is 4.34. The molecule has 1 aromatic heterocycles. The van der Waals surface area contributed by atoms with Crippen LogP contribution in [0.1, 0.15) is 83.6 Å². The van der Waals surface area contributed by atoms with Crippen molar-refractivity contribution in [2.45, 2.75) is 95.4 Å². The quantitative estimate of drug-likeness (QED) is 0.399. The molecule has 0 aromatic carbocycles. The van der Waals surface area contributed by atoms with Crippen LogP contribution in [0.15, 0.2) is 23.0 Å². The molecule has 0 aliphatic heterocycles. The lowest BCUT2D eigenvalue weighted by Gasteiger charge is -2.64. The Labute approximate surface area is 191 Å².